The van der Waals surface area contributed by atoms with Crippen LogP contribution in [0.15, 0.2) is 58.5 Å². The van der Waals surface area contributed by atoms with E-state index in [0.29, 0.717) is 6.54 Å². The number of aromatic nitrogens is 2. The van der Waals surface area contributed by atoms with Crippen molar-refractivity contribution in [2.75, 3.05) is 19.3 Å². The van der Waals surface area contributed by atoms with E-state index in [-0.39, 0.29) is 10.9 Å². The molecule has 2 aromatic rings. The van der Waals surface area contributed by atoms with Crippen molar-refractivity contribution in [2.45, 2.75) is 10.6 Å². The molecule has 2 rings (SSSR count). The first-order valence-electron chi connectivity index (χ1n) is 7.24. The molecule has 0 bridgehead atoms. The Hall–Kier alpha value is -2.13. The van der Waals surface area contributed by atoms with E-state index >= 15 is 0 Å². The van der Waals surface area contributed by atoms with Gasteiger partial charge in [-0.2, -0.15) is 22.0 Å². The number of benzene rings is 1. The van der Waals surface area contributed by atoms with Gasteiger partial charge in [0, 0.05) is 31.3 Å². The van der Waals surface area contributed by atoms with Crippen molar-refractivity contribution in [3.8, 4) is 0 Å². The minimum absolute atomic E-state index is 0.199. The van der Waals surface area contributed by atoms with Gasteiger partial charge >= 0.3 is 0 Å². The standard InChI is InChI=1S/C15H19N5O2S2/c1-16-15(20-24(21,22)14-7-3-2-4-8-14)17-10-11-23-12-13-6-5-9-18-19-13/h2-9H,10-12H2,1H3,(H2,16,17,20). The van der Waals surface area contributed by atoms with Crippen molar-refractivity contribution in [1.29, 1.82) is 0 Å². The highest BCUT2D eigenvalue weighted by Gasteiger charge is 2.15. The number of nitrogens with one attached hydrogen (secondary N) is 2. The summed E-state index contributed by atoms with van der Waals surface area (Å²) in [6.07, 6.45) is 1.64. The first kappa shape index (κ1) is 18.2. The highest BCUT2D eigenvalue weighted by atomic mass is 32.2. The van der Waals surface area contributed by atoms with Gasteiger partial charge in [-0.05, 0) is 24.3 Å². The quantitative estimate of drug-likeness (QED) is 0.436. The molecule has 0 spiro atoms. The largest absolute Gasteiger partial charge is 0.355 e. The maximum absolute atomic E-state index is 12.2. The van der Waals surface area contributed by atoms with Crippen LogP contribution in [-0.4, -0.2) is 43.9 Å². The average Bonchev–Trinajstić information content (AvgIpc) is 2.62. The Bertz CT molecular complexity index is 752. The fourth-order valence-electron chi connectivity index (χ4n) is 1.78. The molecule has 9 heteroatoms. The van der Waals surface area contributed by atoms with Gasteiger partial charge in [-0.25, -0.2) is 13.1 Å². The van der Waals surface area contributed by atoms with E-state index in [1.54, 1.807) is 36.2 Å². The van der Waals surface area contributed by atoms with Crippen molar-refractivity contribution < 1.29 is 8.42 Å². The Morgan fingerprint density at radius 3 is 2.67 bits per heavy atom. The van der Waals surface area contributed by atoms with Gasteiger partial charge in [0.05, 0.1) is 10.6 Å². The second kappa shape index (κ2) is 9.24. The SMILES string of the molecule is CN=C(NCCSCc1cccnn1)NS(=O)(=O)c1ccccc1. The maximum atomic E-state index is 12.2. The molecular weight excluding hydrogens is 346 g/mol. The fourth-order valence-corrected chi connectivity index (χ4v) is 3.58. The minimum atomic E-state index is -3.63. The number of rotatable bonds is 7. The molecule has 0 unspecified atom stereocenters. The van der Waals surface area contributed by atoms with E-state index in [9.17, 15) is 8.42 Å². The van der Waals surface area contributed by atoms with Gasteiger partial charge in [0.25, 0.3) is 10.0 Å². The smallest absolute Gasteiger partial charge is 0.264 e. The summed E-state index contributed by atoms with van der Waals surface area (Å²) < 4.78 is 26.9. The molecule has 24 heavy (non-hydrogen) atoms. The van der Waals surface area contributed by atoms with Crippen LogP contribution in [0.1, 0.15) is 5.69 Å². The van der Waals surface area contributed by atoms with E-state index in [2.05, 4.69) is 25.2 Å². The number of aliphatic imine (C=N–C) groups is 1. The highest BCUT2D eigenvalue weighted by Crippen LogP contribution is 2.08. The van der Waals surface area contributed by atoms with Crippen molar-refractivity contribution in [1.82, 2.24) is 20.2 Å². The maximum Gasteiger partial charge on any atom is 0.264 e. The van der Waals surface area contributed by atoms with E-state index in [4.69, 9.17) is 0 Å². The molecule has 0 aliphatic rings. The summed E-state index contributed by atoms with van der Waals surface area (Å²) in [5, 5.41) is 10.8. The van der Waals surface area contributed by atoms with Gasteiger partial charge in [0.1, 0.15) is 0 Å². The molecule has 7 nitrogen and oxygen atoms in total. The summed E-state index contributed by atoms with van der Waals surface area (Å²) in [7, 11) is -2.10. The normalized spacial score (nSPS) is 12.0. The predicted molar refractivity (Wildman–Crippen MR) is 96.3 cm³/mol. The van der Waals surface area contributed by atoms with E-state index < -0.39 is 10.0 Å². The molecule has 0 amide bonds. The van der Waals surface area contributed by atoms with Crippen LogP contribution in [0.2, 0.25) is 0 Å². The number of hydrogen-bond acceptors (Lipinski definition) is 6. The van der Waals surface area contributed by atoms with E-state index in [0.717, 1.165) is 17.2 Å². The third-order valence-electron chi connectivity index (χ3n) is 2.92. The highest BCUT2D eigenvalue weighted by molar-refractivity contribution is 7.98. The summed E-state index contributed by atoms with van der Waals surface area (Å²) >= 11 is 1.68. The lowest BCUT2D eigenvalue weighted by molar-refractivity contribution is 0.591. The average molecular weight is 365 g/mol. The Morgan fingerprint density at radius 1 is 1.21 bits per heavy atom. The van der Waals surface area contributed by atoms with Crippen LogP contribution in [0, 0.1) is 0 Å². The number of thioether (sulfide) groups is 1. The summed E-state index contributed by atoms with van der Waals surface area (Å²) in [6, 6.07) is 11.9. The number of nitrogens with zero attached hydrogens (tertiary/aromatic N) is 3. The zero-order valence-corrected chi connectivity index (χ0v) is 14.8. The molecule has 0 fully saturated rings. The summed E-state index contributed by atoms with van der Waals surface area (Å²) in [4.78, 5) is 4.14. The van der Waals surface area contributed by atoms with Gasteiger partial charge in [-0.1, -0.05) is 18.2 Å². The first-order chi connectivity index (χ1) is 11.6. The van der Waals surface area contributed by atoms with Crippen LogP contribution in [0.5, 0.6) is 0 Å². The Morgan fingerprint density at radius 2 is 2.00 bits per heavy atom. The lowest BCUT2D eigenvalue weighted by Gasteiger charge is -2.12. The minimum Gasteiger partial charge on any atom is -0.355 e. The van der Waals surface area contributed by atoms with Gasteiger partial charge < -0.3 is 5.32 Å². The molecule has 1 aromatic heterocycles. The molecule has 0 radical (unpaired) electrons. The van der Waals surface area contributed by atoms with Crippen molar-refractivity contribution >= 4 is 27.7 Å². The van der Waals surface area contributed by atoms with Crippen LogP contribution < -0.4 is 10.0 Å². The number of guanidine groups is 1. The van der Waals surface area contributed by atoms with E-state index in [1.807, 2.05) is 12.1 Å². The molecule has 0 saturated heterocycles. The first-order valence-corrected chi connectivity index (χ1v) is 9.88. The lowest BCUT2D eigenvalue weighted by Crippen LogP contribution is -2.41. The van der Waals surface area contributed by atoms with Crippen molar-refractivity contribution in [3.63, 3.8) is 0 Å². The summed E-state index contributed by atoms with van der Waals surface area (Å²) in [5.74, 6) is 1.76. The molecule has 0 atom stereocenters. The fraction of sp³-hybridized carbons (Fsp3) is 0.267. The summed E-state index contributed by atoms with van der Waals surface area (Å²) in [5.41, 5.74) is 0.914. The second-order valence-electron chi connectivity index (χ2n) is 4.69. The molecule has 128 valence electrons. The third-order valence-corrected chi connectivity index (χ3v) is 5.27. The van der Waals surface area contributed by atoms with Crippen LogP contribution in [0.3, 0.4) is 0 Å². The van der Waals surface area contributed by atoms with Crippen molar-refractivity contribution in [3.05, 3.63) is 54.4 Å². The summed E-state index contributed by atoms with van der Waals surface area (Å²) in [6.45, 7) is 0.578. The van der Waals surface area contributed by atoms with Gasteiger partial charge in [-0.3, -0.25) is 4.99 Å². The van der Waals surface area contributed by atoms with Gasteiger partial charge in [-0.15, -0.1) is 0 Å². The Balaban J connectivity index is 1.77. The van der Waals surface area contributed by atoms with Crippen LogP contribution in [0.4, 0.5) is 0 Å². The van der Waals surface area contributed by atoms with E-state index in [1.165, 1.54) is 19.2 Å². The number of hydrogen-bond donors (Lipinski definition) is 2. The lowest BCUT2D eigenvalue weighted by atomic mass is 10.4. The topological polar surface area (TPSA) is 96.3 Å². The van der Waals surface area contributed by atoms with Crippen molar-refractivity contribution in [2.24, 2.45) is 4.99 Å². The molecular formula is C15H19N5O2S2. The van der Waals surface area contributed by atoms with Gasteiger partial charge in [0.15, 0.2) is 0 Å². The molecule has 0 aliphatic heterocycles. The molecule has 1 aromatic carbocycles. The predicted octanol–water partition coefficient (Wildman–Crippen LogP) is 1.26. The monoisotopic (exact) mass is 365 g/mol. The van der Waals surface area contributed by atoms with Crippen LogP contribution in [0.25, 0.3) is 0 Å². The van der Waals surface area contributed by atoms with Crippen LogP contribution >= 0.6 is 11.8 Å². The molecule has 0 aliphatic carbocycles. The second-order valence-corrected chi connectivity index (χ2v) is 7.47. The number of sulfonamides is 1. The van der Waals surface area contributed by atoms with Gasteiger partial charge in [0.2, 0.25) is 5.96 Å². The molecule has 1 heterocycles. The molecule has 0 saturated carbocycles. The third kappa shape index (κ3) is 5.82. The Kier molecular flexibility index (Phi) is 7.01. The zero-order chi connectivity index (χ0) is 17.3. The van der Waals surface area contributed by atoms with Crippen LogP contribution in [-0.2, 0) is 15.8 Å². The zero-order valence-electron chi connectivity index (χ0n) is 13.2. The Labute approximate surface area is 146 Å². The molecule has 2 N–H and O–H groups in total.